The van der Waals surface area contributed by atoms with Crippen molar-refractivity contribution in [1.82, 2.24) is 4.90 Å². The molecule has 0 saturated carbocycles. The summed E-state index contributed by atoms with van der Waals surface area (Å²) in [4.78, 5) is 13.6. The van der Waals surface area contributed by atoms with Crippen molar-refractivity contribution in [2.24, 2.45) is 0 Å². The van der Waals surface area contributed by atoms with Crippen LogP contribution in [0.1, 0.15) is 11.1 Å². The molecule has 0 radical (unpaired) electrons. The molecular formula is C20H20F3NO4. The summed E-state index contributed by atoms with van der Waals surface area (Å²) >= 11 is 0. The lowest BCUT2D eigenvalue weighted by molar-refractivity contribution is -0.275. The van der Waals surface area contributed by atoms with E-state index in [9.17, 15) is 18.0 Å². The zero-order valence-corrected chi connectivity index (χ0v) is 15.6. The molecule has 0 bridgehead atoms. The third kappa shape index (κ3) is 6.22. The van der Waals surface area contributed by atoms with Crippen molar-refractivity contribution in [2.75, 3.05) is 21.3 Å². The summed E-state index contributed by atoms with van der Waals surface area (Å²) in [6, 6.07) is 10.8. The Morgan fingerprint density at radius 1 is 1.07 bits per heavy atom. The quantitative estimate of drug-likeness (QED) is 0.657. The first-order valence-corrected chi connectivity index (χ1v) is 8.21. The van der Waals surface area contributed by atoms with Crippen LogP contribution in [0.15, 0.2) is 48.5 Å². The first-order chi connectivity index (χ1) is 13.2. The molecule has 0 N–H and O–H groups in total. The number of carbonyl (C=O) groups excluding carboxylic acids is 1. The van der Waals surface area contributed by atoms with Crippen LogP contribution >= 0.6 is 0 Å². The first kappa shape index (κ1) is 21.1. The van der Waals surface area contributed by atoms with Crippen molar-refractivity contribution in [3.05, 3.63) is 59.7 Å². The minimum Gasteiger partial charge on any atom is -0.497 e. The van der Waals surface area contributed by atoms with Crippen molar-refractivity contribution in [2.45, 2.75) is 12.9 Å². The van der Waals surface area contributed by atoms with Gasteiger partial charge in [-0.25, -0.2) is 0 Å². The van der Waals surface area contributed by atoms with E-state index in [4.69, 9.17) is 9.47 Å². The van der Waals surface area contributed by atoms with Gasteiger partial charge in [-0.3, -0.25) is 4.79 Å². The Morgan fingerprint density at radius 3 is 2.25 bits per heavy atom. The second kappa shape index (κ2) is 9.16. The molecule has 2 aromatic carbocycles. The molecule has 2 rings (SSSR count). The van der Waals surface area contributed by atoms with Gasteiger partial charge in [0, 0.05) is 31.3 Å². The van der Waals surface area contributed by atoms with Crippen LogP contribution in [0.4, 0.5) is 13.2 Å². The zero-order valence-electron chi connectivity index (χ0n) is 15.6. The highest BCUT2D eigenvalue weighted by Gasteiger charge is 2.32. The van der Waals surface area contributed by atoms with Gasteiger partial charge >= 0.3 is 6.36 Å². The number of hydrogen-bond acceptors (Lipinski definition) is 4. The molecule has 8 heteroatoms. The average Bonchev–Trinajstić information content (AvgIpc) is 2.66. The molecule has 0 atom stereocenters. The Labute approximate surface area is 160 Å². The molecule has 1 amide bonds. The van der Waals surface area contributed by atoms with E-state index >= 15 is 0 Å². The predicted octanol–water partition coefficient (Wildman–Crippen LogP) is 4.27. The molecule has 0 unspecified atom stereocenters. The number of carbonyl (C=O) groups is 1. The maximum Gasteiger partial charge on any atom is 0.573 e. The fraction of sp³-hybridized carbons (Fsp3) is 0.250. The summed E-state index contributed by atoms with van der Waals surface area (Å²) < 4.78 is 51.9. The average molecular weight is 395 g/mol. The van der Waals surface area contributed by atoms with Gasteiger partial charge in [0.25, 0.3) is 0 Å². The lowest BCUT2D eigenvalue weighted by Crippen LogP contribution is -2.25. The van der Waals surface area contributed by atoms with Crippen LogP contribution in [0, 0.1) is 0 Å². The Hall–Kier alpha value is -3.16. The second-order valence-corrected chi connectivity index (χ2v) is 5.83. The smallest absolute Gasteiger partial charge is 0.497 e. The van der Waals surface area contributed by atoms with Crippen LogP contribution in [-0.4, -0.2) is 38.4 Å². The third-order valence-corrected chi connectivity index (χ3v) is 3.77. The topological polar surface area (TPSA) is 48.0 Å². The number of likely N-dealkylation sites (N-methyl/N-ethyl adjacent to an activating group) is 1. The maximum atomic E-state index is 12.5. The highest BCUT2D eigenvalue weighted by atomic mass is 19.4. The lowest BCUT2D eigenvalue weighted by Gasteiger charge is -2.18. The summed E-state index contributed by atoms with van der Waals surface area (Å²) in [5.74, 6) is 0.413. The van der Waals surface area contributed by atoms with E-state index in [1.54, 1.807) is 30.3 Å². The normalized spacial score (nSPS) is 11.4. The molecule has 0 fully saturated rings. The molecule has 0 aliphatic carbocycles. The molecule has 0 aliphatic rings. The summed E-state index contributed by atoms with van der Waals surface area (Å²) in [6.07, 6.45) is -1.91. The van der Waals surface area contributed by atoms with E-state index in [1.165, 1.54) is 50.4 Å². The van der Waals surface area contributed by atoms with E-state index in [2.05, 4.69) is 4.74 Å². The van der Waals surface area contributed by atoms with Gasteiger partial charge < -0.3 is 19.1 Å². The molecule has 150 valence electrons. The van der Waals surface area contributed by atoms with Crippen molar-refractivity contribution in [3.8, 4) is 17.2 Å². The highest BCUT2D eigenvalue weighted by molar-refractivity contribution is 5.91. The number of benzene rings is 2. The first-order valence-electron chi connectivity index (χ1n) is 8.21. The summed E-state index contributed by atoms with van der Waals surface area (Å²) in [5.41, 5.74) is 0.922. The van der Waals surface area contributed by atoms with Gasteiger partial charge in [-0.2, -0.15) is 0 Å². The Kier molecular flexibility index (Phi) is 6.92. The SMILES string of the molecule is COc1cc(/C=C/C(=O)N(C)Cc2ccccc2OC(F)(F)F)cc(OC)c1. The lowest BCUT2D eigenvalue weighted by atomic mass is 10.1. The summed E-state index contributed by atoms with van der Waals surface area (Å²) in [6.45, 7) is -0.0448. The van der Waals surface area contributed by atoms with E-state index in [1.807, 2.05) is 0 Å². The molecule has 2 aromatic rings. The van der Waals surface area contributed by atoms with Crippen molar-refractivity contribution >= 4 is 12.0 Å². The minimum atomic E-state index is -4.80. The van der Waals surface area contributed by atoms with Crippen LogP contribution in [0.25, 0.3) is 6.08 Å². The molecule has 0 spiro atoms. The van der Waals surface area contributed by atoms with Crippen LogP contribution in [0.3, 0.4) is 0 Å². The molecule has 0 aromatic heterocycles. The minimum absolute atomic E-state index is 0.0448. The molecule has 0 aliphatic heterocycles. The fourth-order valence-electron chi connectivity index (χ4n) is 2.41. The van der Waals surface area contributed by atoms with Gasteiger partial charge in [0.15, 0.2) is 0 Å². The number of hydrogen-bond donors (Lipinski definition) is 0. The summed E-state index contributed by atoms with van der Waals surface area (Å²) in [7, 11) is 4.52. The van der Waals surface area contributed by atoms with Gasteiger partial charge in [-0.1, -0.05) is 18.2 Å². The zero-order chi connectivity index (χ0) is 20.7. The predicted molar refractivity (Wildman–Crippen MR) is 98.2 cm³/mol. The van der Waals surface area contributed by atoms with Gasteiger partial charge in [0.2, 0.25) is 5.91 Å². The third-order valence-electron chi connectivity index (χ3n) is 3.77. The molecule has 28 heavy (non-hydrogen) atoms. The van der Waals surface area contributed by atoms with Crippen LogP contribution in [-0.2, 0) is 11.3 Å². The van der Waals surface area contributed by atoms with Gasteiger partial charge in [0.1, 0.15) is 17.2 Å². The Morgan fingerprint density at radius 2 is 1.68 bits per heavy atom. The van der Waals surface area contributed by atoms with Gasteiger partial charge in [0.05, 0.1) is 14.2 Å². The monoisotopic (exact) mass is 395 g/mol. The molecule has 0 heterocycles. The van der Waals surface area contributed by atoms with Crippen LogP contribution in [0.2, 0.25) is 0 Å². The van der Waals surface area contributed by atoms with E-state index in [-0.39, 0.29) is 23.8 Å². The number of halogens is 3. The fourth-order valence-corrected chi connectivity index (χ4v) is 2.41. The number of nitrogens with zero attached hydrogens (tertiary/aromatic N) is 1. The number of para-hydroxylation sites is 1. The Balaban J connectivity index is 2.11. The standard InChI is InChI=1S/C20H20F3NO4/c1-24(13-15-6-4-5-7-18(15)28-20(21,22)23)19(25)9-8-14-10-16(26-2)12-17(11-14)27-3/h4-12H,13H2,1-3H3/b9-8+. The van der Waals surface area contributed by atoms with Crippen LogP contribution in [0.5, 0.6) is 17.2 Å². The van der Waals surface area contributed by atoms with E-state index in [0.717, 1.165) is 0 Å². The molecular weight excluding hydrogens is 375 g/mol. The molecule has 5 nitrogen and oxygen atoms in total. The number of rotatable bonds is 7. The molecule has 0 saturated heterocycles. The number of ether oxygens (including phenoxy) is 3. The Bertz CT molecular complexity index is 827. The second-order valence-electron chi connectivity index (χ2n) is 5.83. The van der Waals surface area contributed by atoms with Crippen molar-refractivity contribution < 1.29 is 32.2 Å². The van der Waals surface area contributed by atoms with E-state index in [0.29, 0.717) is 17.1 Å². The van der Waals surface area contributed by atoms with Gasteiger partial charge in [-0.15, -0.1) is 13.2 Å². The van der Waals surface area contributed by atoms with E-state index < -0.39 is 6.36 Å². The van der Waals surface area contributed by atoms with Crippen molar-refractivity contribution in [3.63, 3.8) is 0 Å². The number of amides is 1. The van der Waals surface area contributed by atoms with Crippen molar-refractivity contribution in [1.29, 1.82) is 0 Å². The summed E-state index contributed by atoms with van der Waals surface area (Å²) in [5, 5.41) is 0. The highest BCUT2D eigenvalue weighted by Crippen LogP contribution is 2.27. The number of methoxy groups -OCH3 is 2. The largest absolute Gasteiger partial charge is 0.573 e. The van der Waals surface area contributed by atoms with Crippen LogP contribution < -0.4 is 14.2 Å². The maximum absolute atomic E-state index is 12.5. The van der Waals surface area contributed by atoms with Gasteiger partial charge in [-0.05, 0) is 29.8 Å². The number of alkyl halides is 3.